The molecule has 0 spiro atoms. The summed E-state index contributed by atoms with van der Waals surface area (Å²) < 4.78 is 10.7. The SMILES string of the molecule is COc1ccc(/C=C/CN2CCCCC2CN2CCOCC2)cc1. The van der Waals surface area contributed by atoms with Crippen LogP contribution in [0.15, 0.2) is 30.3 Å². The van der Waals surface area contributed by atoms with E-state index in [0.717, 1.165) is 38.6 Å². The summed E-state index contributed by atoms with van der Waals surface area (Å²) in [6.45, 7) is 7.43. The second-order valence-corrected chi connectivity index (χ2v) is 6.73. The van der Waals surface area contributed by atoms with Crippen molar-refractivity contribution >= 4 is 6.08 Å². The maximum absolute atomic E-state index is 5.47. The molecule has 1 aromatic carbocycles. The molecule has 132 valence electrons. The van der Waals surface area contributed by atoms with Gasteiger partial charge in [0.15, 0.2) is 0 Å². The number of methoxy groups -OCH3 is 1. The highest BCUT2D eigenvalue weighted by Crippen LogP contribution is 2.19. The topological polar surface area (TPSA) is 24.9 Å². The summed E-state index contributed by atoms with van der Waals surface area (Å²) in [6, 6.07) is 8.94. The van der Waals surface area contributed by atoms with Gasteiger partial charge >= 0.3 is 0 Å². The van der Waals surface area contributed by atoms with Crippen molar-refractivity contribution in [1.82, 2.24) is 9.80 Å². The lowest BCUT2D eigenvalue weighted by molar-refractivity contribution is 0.0186. The van der Waals surface area contributed by atoms with Crippen LogP contribution >= 0.6 is 0 Å². The molecule has 1 atom stereocenters. The second kappa shape index (κ2) is 9.21. The van der Waals surface area contributed by atoms with E-state index in [4.69, 9.17) is 9.47 Å². The highest BCUT2D eigenvalue weighted by atomic mass is 16.5. The highest BCUT2D eigenvalue weighted by Gasteiger charge is 2.24. The van der Waals surface area contributed by atoms with Crippen LogP contribution in [0, 0.1) is 0 Å². The van der Waals surface area contributed by atoms with E-state index in [1.165, 1.54) is 37.9 Å². The van der Waals surface area contributed by atoms with Gasteiger partial charge in [-0.05, 0) is 37.1 Å². The smallest absolute Gasteiger partial charge is 0.118 e. The van der Waals surface area contributed by atoms with Gasteiger partial charge in [-0.2, -0.15) is 0 Å². The molecule has 2 saturated heterocycles. The zero-order chi connectivity index (χ0) is 16.6. The zero-order valence-electron chi connectivity index (χ0n) is 14.8. The molecule has 2 fully saturated rings. The van der Waals surface area contributed by atoms with Gasteiger partial charge in [0, 0.05) is 32.2 Å². The third-order valence-corrected chi connectivity index (χ3v) is 5.09. The molecular weight excluding hydrogens is 300 g/mol. The first-order chi connectivity index (χ1) is 11.8. The monoisotopic (exact) mass is 330 g/mol. The molecule has 0 saturated carbocycles. The van der Waals surface area contributed by atoms with E-state index in [2.05, 4.69) is 34.1 Å². The first-order valence-corrected chi connectivity index (χ1v) is 9.20. The zero-order valence-corrected chi connectivity index (χ0v) is 14.8. The van der Waals surface area contributed by atoms with Gasteiger partial charge in [-0.15, -0.1) is 0 Å². The minimum Gasteiger partial charge on any atom is -0.497 e. The van der Waals surface area contributed by atoms with Crippen LogP contribution in [0.1, 0.15) is 24.8 Å². The molecular formula is C20H30N2O2. The van der Waals surface area contributed by atoms with Crippen molar-refractivity contribution in [2.75, 3.05) is 53.0 Å². The number of rotatable bonds is 6. The Hall–Kier alpha value is -1.36. The number of likely N-dealkylation sites (tertiary alicyclic amines) is 1. The quantitative estimate of drug-likeness (QED) is 0.801. The fraction of sp³-hybridized carbons (Fsp3) is 0.600. The molecule has 24 heavy (non-hydrogen) atoms. The number of piperidine rings is 1. The number of morpholine rings is 1. The van der Waals surface area contributed by atoms with E-state index in [1.54, 1.807) is 7.11 Å². The van der Waals surface area contributed by atoms with Gasteiger partial charge in [-0.1, -0.05) is 30.7 Å². The van der Waals surface area contributed by atoms with Crippen LogP contribution in [0.3, 0.4) is 0 Å². The molecule has 2 heterocycles. The van der Waals surface area contributed by atoms with Crippen LogP contribution in [-0.2, 0) is 4.74 Å². The number of hydrogen-bond donors (Lipinski definition) is 0. The summed E-state index contributed by atoms with van der Waals surface area (Å²) in [5.41, 5.74) is 1.23. The van der Waals surface area contributed by atoms with Gasteiger partial charge in [-0.25, -0.2) is 0 Å². The van der Waals surface area contributed by atoms with Gasteiger partial charge in [0.1, 0.15) is 5.75 Å². The molecule has 0 aliphatic carbocycles. The number of benzene rings is 1. The molecule has 1 unspecified atom stereocenters. The fourth-order valence-corrected chi connectivity index (χ4v) is 3.63. The van der Waals surface area contributed by atoms with E-state index in [-0.39, 0.29) is 0 Å². The van der Waals surface area contributed by atoms with E-state index in [0.29, 0.717) is 6.04 Å². The summed E-state index contributed by atoms with van der Waals surface area (Å²) in [5.74, 6) is 0.911. The van der Waals surface area contributed by atoms with E-state index in [1.807, 2.05) is 12.1 Å². The lowest BCUT2D eigenvalue weighted by Crippen LogP contribution is -2.49. The Bertz CT molecular complexity index is 509. The van der Waals surface area contributed by atoms with Gasteiger partial charge in [0.2, 0.25) is 0 Å². The van der Waals surface area contributed by atoms with Crippen LogP contribution in [0.2, 0.25) is 0 Å². The van der Waals surface area contributed by atoms with E-state index in [9.17, 15) is 0 Å². The van der Waals surface area contributed by atoms with Crippen molar-refractivity contribution in [3.8, 4) is 5.75 Å². The summed E-state index contributed by atoms with van der Waals surface area (Å²) >= 11 is 0. The Balaban J connectivity index is 1.51. The molecule has 0 amide bonds. The third-order valence-electron chi connectivity index (χ3n) is 5.09. The minimum atomic E-state index is 0.692. The average Bonchev–Trinajstić information content (AvgIpc) is 2.64. The molecule has 4 heteroatoms. The molecule has 0 radical (unpaired) electrons. The molecule has 1 aromatic rings. The Morgan fingerprint density at radius 3 is 2.67 bits per heavy atom. The van der Waals surface area contributed by atoms with Crippen LogP contribution in [0.25, 0.3) is 6.08 Å². The van der Waals surface area contributed by atoms with Gasteiger partial charge in [0.05, 0.1) is 20.3 Å². The van der Waals surface area contributed by atoms with Gasteiger partial charge < -0.3 is 9.47 Å². The van der Waals surface area contributed by atoms with Crippen LogP contribution < -0.4 is 4.74 Å². The lowest BCUT2D eigenvalue weighted by Gasteiger charge is -2.39. The number of nitrogens with zero attached hydrogens (tertiary/aromatic N) is 2. The lowest BCUT2D eigenvalue weighted by atomic mass is 10.0. The molecule has 2 aliphatic heterocycles. The summed E-state index contributed by atoms with van der Waals surface area (Å²) in [7, 11) is 1.70. The predicted octanol–water partition coefficient (Wildman–Crippen LogP) is 2.90. The minimum absolute atomic E-state index is 0.692. The Morgan fingerprint density at radius 1 is 1.12 bits per heavy atom. The Kier molecular flexibility index (Phi) is 6.70. The summed E-state index contributed by atoms with van der Waals surface area (Å²) in [6.07, 6.45) is 8.55. The first kappa shape index (κ1) is 17.5. The molecule has 0 bridgehead atoms. The highest BCUT2D eigenvalue weighted by molar-refractivity contribution is 5.50. The predicted molar refractivity (Wildman–Crippen MR) is 98.5 cm³/mol. The summed E-state index contributed by atoms with van der Waals surface area (Å²) in [4.78, 5) is 5.22. The molecule has 2 aliphatic rings. The normalized spacial score (nSPS) is 23.6. The maximum atomic E-state index is 5.47. The Labute approximate surface area is 146 Å². The second-order valence-electron chi connectivity index (χ2n) is 6.73. The number of ether oxygens (including phenoxy) is 2. The van der Waals surface area contributed by atoms with Crippen molar-refractivity contribution in [1.29, 1.82) is 0 Å². The Morgan fingerprint density at radius 2 is 1.92 bits per heavy atom. The van der Waals surface area contributed by atoms with Crippen molar-refractivity contribution in [2.24, 2.45) is 0 Å². The summed E-state index contributed by atoms with van der Waals surface area (Å²) in [5, 5.41) is 0. The molecule has 0 aromatic heterocycles. The third kappa shape index (κ3) is 5.07. The maximum Gasteiger partial charge on any atom is 0.118 e. The van der Waals surface area contributed by atoms with E-state index >= 15 is 0 Å². The van der Waals surface area contributed by atoms with Crippen molar-refractivity contribution in [3.63, 3.8) is 0 Å². The van der Waals surface area contributed by atoms with Crippen LogP contribution in [0.4, 0.5) is 0 Å². The van der Waals surface area contributed by atoms with Gasteiger partial charge in [-0.3, -0.25) is 9.80 Å². The standard InChI is InChI=1S/C20H30N2O2/c1-23-20-9-7-18(8-10-20)5-4-12-22-11-3-2-6-19(22)17-21-13-15-24-16-14-21/h4-5,7-10,19H,2-3,6,11-17H2,1H3/b5-4+. The molecule has 4 nitrogen and oxygen atoms in total. The first-order valence-electron chi connectivity index (χ1n) is 9.20. The van der Waals surface area contributed by atoms with E-state index < -0.39 is 0 Å². The van der Waals surface area contributed by atoms with Crippen molar-refractivity contribution in [3.05, 3.63) is 35.9 Å². The fourth-order valence-electron chi connectivity index (χ4n) is 3.63. The molecule has 0 N–H and O–H groups in total. The van der Waals surface area contributed by atoms with Crippen LogP contribution in [-0.4, -0.2) is 68.9 Å². The van der Waals surface area contributed by atoms with Crippen molar-refractivity contribution in [2.45, 2.75) is 25.3 Å². The van der Waals surface area contributed by atoms with Crippen LogP contribution in [0.5, 0.6) is 5.75 Å². The largest absolute Gasteiger partial charge is 0.497 e. The average molecular weight is 330 g/mol. The van der Waals surface area contributed by atoms with Crippen molar-refractivity contribution < 1.29 is 9.47 Å². The molecule has 3 rings (SSSR count). The van der Waals surface area contributed by atoms with Gasteiger partial charge in [0.25, 0.3) is 0 Å². The number of hydrogen-bond acceptors (Lipinski definition) is 4.